The second kappa shape index (κ2) is 14.3. The minimum atomic E-state index is -1.14. The number of Topliss-reactive ketones (excluding diaryl/α,β-unsaturated/α-hetero) is 1. The van der Waals surface area contributed by atoms with Crippen molar-refractivity contribution in [1.82, 2.24) is 4.98 Å². The number of carboxylic acids is 1. The number of nitrogens with zero attached hydrogens (tertiary/aromatic N) is 1. The van der Waals surface area contributed by atoms with Gasteiger partial charge in [0.1, 0.15) is 5.60 Å². The van der Waals surface area contributed by atoms with Crippen LogP contribution in [0.5, 0.6) is 0 Å². The molecule has 0 aliphatic heterocycles. The number of carbonyl (C=O) groups is 2. The van der Waals surface area contributed by atoms with Crippen molar-refractivity contribution in [2.45, 2.75) is 130 Å². The Morgan fingerprint density at radius 3 is 2.47 bits per heavy atom. The highest BCUT2D eigenvalue weighted by atomic mass is 16.4. The lowest BCUT2D eigenvalue weighted by Gasteiger charge is -2.64. The first-order chi connectivity index (χ1) is 24.1. The lowest BCUT2D eigenvalue weighted by molar-refractivity contribution is -0.211. The maximum atomic E-state index is 12.3. The Morgan fingerprint density at radius 1 is 1.08 bits per heavy atom. The normalized spacial score (nSPS) is 36.1. The summed E-state index contributed by atoms with van der Waals surface area (Å²) in [4.78, 5) is 28.2. The van der Waals surface area contributed by atoms with Crippen molar-refractivity contribution in [3.05, 3.63) is 58.4 Å². The Labute approximate surface area is 303 Å². The molecule has 8 nitrogen and oxygen atoms in total. The number of benzene rings is 1. The summed E-state index contributed by atoms with van der Waals surface area (Å²) in [5.74, 6) is 6.71. The molecule has 8 heteroatoms. The number of hydrogen-bond donors (Lipinski definition) is 5. The van der Waals surface area contributed by atoms with Gasteiger partial charge in [-0.25, -0.2) is 0 Å². The van der Waals surface area contributed by atoms with Crippen LogP contribution in [0.3, 0.4) is 0 Å². The molecule has 11 atom stereocenters. The van der Waals surface area contributed by atoms with E-state index in [0.29, 0.717) is 44.2 Å². The molecule has 51 heavy (non-hydrogen) atoms. The van der Waals surface area contributed by atoms with Gasteiger partial charge in [0.05, 0.1) is 23.5 Å². The van der Waals surface area contributed by atoms with E-state index < -0.39 is 23.8 Å². The minimum absolute atomic E-state index is 0.0121. The fourth-order valence-corrected chi connectivity index (χ4v) is 11.4. The zero-order valence-electron chi connectivity index (χ0n) is 31.3. The van der Waals surface area contributed by atoms with E-state index in [1.807, 2.05) is 44.2 Å². The van der Waals surface area contributed by atoms with Crippen molar-refractivity contribution in [2.24, 2.45) is 46.3 Å². The maximum Gasteiger partial charge on any atom is 0.303 e. The summed E-state index contributed by atoms with van der Waals surface area (Å²) >= 11 is 0. The molecule has 6 unspecified atom stereocenters. The number of hydrogen-bond acceptors (Lipinski definition) is 7. The molecule has 0 spiro atoms. The summed E-state index contributed by atoms with van der Waals surface area (Å²) in [6, 6.07) is 9.92. The largest absolute Gasteiger partial charge is 0.481 e. The highest BCUT2D eigenvalue weighted by molar-refractivity contribution is 6.00. The molecule has 0 saturated heterocycles. The third-order valence-electron chi connectivity index (χ3n) is 14.3. The third-order valence-corrected chi connectivity index (χ3v) is 14.3. The van der Waals surface area contributed by atoms with Gasteiger partial charge in [-0.1, -0.05) is 51.7 Å². The number of aliphatic carboxylic acids is 1. The molecule has 0 bridgehead atoms. The topological polar surface area (TPSA) is 140 Å². The number of rotatable bonds is 9. The van der Waals surface area contributed by atoms with Crippen molar-refractivity contribution >= 4 is 17.4 Å². The standard InChI is InChI=1S/C43H58N2O6/c1-7-31-21-35(39(27(4)46)26(3)45-31)44-24-29-11-9-28(10-12-29)16-17-43(51)19-18-41(5)30(23-43)20-36(47)40-33-14-13-32(25(2)8-15-38(49)50)42(33,6)37(48)22-34(40)41/h9-12,21,25,30,32-34,36-37,40,47-48,51H,7-8,13-15,18-20,22-24H2,1-6H3,(H,44,45)(H,49,50)/t25-,30?,32-,33?,34?,36?,37?,40?,41+,42-,43-/m1/s1. The Bertz CT molecular complexity index is 1700. The number of carbonyl (C=O) groups excluding carboxylic acids is 1. The second-order valence-corrected chi connectivity index (χ2v) is 17.1. The van der Waals surface area contributed by atoms with Gasteiger partial charge in [-0.15, -0.1) is 0 Å². The van der Waals surface area contributed by atoms with Gasteiger partial charge in [0, 0.05) is 29.9 Å². The molecule has 4 aliphatic rings. The number of carboxylic acid groups (broad SMARTS) is 1. The molecular weight excluding hydrogens is 640 g/mol. The van der Waals surface area contributed by atoms with E-state index in [2.05, 4.69) is 42.9 Å². The van der Waals surface area contributed by atoms with Gasteiger partial charge in [-0.05, 0) is 142 Å². The molecule has 0 amide bonds. The predicted octanol–water partition coefficient (Wildman–Crippen LogP) is 6.95. The summed E-state index contributed by atoms with van der Waals surface area (Å²) in [6.07, 6.45) is 5.63. The average molecular weight is 699 g/mol. The zero-order valence-corrected chi connectivity index (χ0v) is 31.3. The zero-order chi connectivity index (χ0) is 36.9. The van der Waals surface area contributed by atoms with Gasteiger partial charge < -0.3 is 25.7 Å². The Morgan fingerprint density at radius 2 is 1.80 bits per heavy atom. The molecule has 6 rings (SSSR count). The predicted molar refractivity (Wildman–Crippen MR) is 198 cm³/mol. The lowest BCUT2D eigenvalue weighted by Crippen LogP contribution is -2.63. The van der Waals surface area contributed by atoms with E-state index >= 15 is 0 Å². The first-order valence-electron chi connectivity index (χ1n) is 19.3. The van der Waals surface area contributed by atoms with Crippen LogP contribution in [0.25, 0.3) is 0 Å². The van der Waals surface area contributed by atoms with Crippen molar-refractivity contribution in [3.63, 3.8) is 0 Å². The van der Waals surface area contributed by atoms with Crippen LogP contribution in [0.1, 0.15) is 125 Å². The first-order valence-corrected chi connectivity index (χ1v) is 19.3. The third kappa shape index (κ3) is 6.99. The monoisotopic (exact) mass is 698 g/mol. The smallest absolute Gasteiger partial charge is 0.303 e. The van der Waals surface area contributed by atoms with Crippen molar-refractivity contribution in [2.75, 3.05) is 5.32 Å². The molecule has 4 saturated carbocycles. The van der Waals surface area contributed by atoms with Crippen LogP contribution in [-0.4, -0.2) is 55.0 Å². The fraction of sp³-hybridized carbons (Fsp3) is 0.651. The molecular formula is C43H58N2O6. The van der Waals surface area contributed by atoms with Gasteiger partial charge in [0.2, 0.25) is 0 Å². The van der Waals surface area contributed by atoms with Gasteiger partial charge in [0.25, 0.3) is 0 Å². The molecule has 276 valence electrons. The highest BCUT2D eigenvalue weighted by Crippen LogP contribution is 2.69. The average Bonchev–Trinajstić information content (AvgIpc) is 3.45. The molecule has 1 aromatic heterocycles. The quantitative estimate of drug-likeness (QED) is 0.140. The van der Waals surface area contributed by atoms with Crippen LogP contribution >= 0.6 is 0 Å². The number of nitrogens with one attached hydrogen (secondary N) is 1. The van der Waals surface area contributed by atoms with Crippen molar-refractivity contribution < 1.29 is 30.0 Å². The number of anilines is 1. The van der Waals surface area contributed by atoms with E-state index in [1.165, 1.54) is 0 Å². The van der Waals surface area contributed by atoms with Crippen molar-refractivity contribution in [3.8, 4) is 11.8 Å². The number of aliphatic hydroxyl groups is 3. The van der Waals surface area contributed by atoms with Gasteiger partial charge in [-0.2, -0.15) is 0 Å². The molecule has 1 heterocycles. The molecule has 5 N–H and O–H groups in total. The summed E-state index contributed by atoms with van der Waals surface area (Å²) in [5, 5.41) is 48.2. The van der Waals surface area contributed by atoms with E-state index in [0.717, 1.165) is 53.9 Å². The summed E-state index contributed by atoms with van der Waals surface area (Å²) in [6.45, 7) is 12.7. The van der Waals surface area contributed by atoms with E-state index in [4.69, 9.17) is 0 Å². The Balaban J connectivity index is 1.12. The second-order valence-electron chi connectivity index (χ2n) is 17.1. The minimum Gasteiger partial charge on any atom is -0.481 e. The number of pyridine rings is 1. The Kier molecular flexibility index (Phi) is 10.5. The summed E-state index contributed by atoms with van der Waals surface area (Å²) < 4.78 is 0. The number of aromatic nitrogens is 1. The van der Waals surface area contributed by atoms with Crippen LogP contribution < -0.4 is 5.32 Å². The van der Waals surface area contributed by atoms with Gasteiger partial charge in [0.15, 0.2) is 5.78 Å². The van der Waals surface area contributed by atoms with Crippen LogP contribution in [0.15, 0.2) is 30.3 Å². The number of aliphatic hydroxyl groups excluding tert-OH is 2. The summed E-state index contributed by atoms with van der Waals surface area (Å²) in [7, 11) is 0. The number of ketones is 1. The first kappa shape index (κ1) is 37.5. The Hall–Kier alpha value is -3.25. The molecule has 4 fully saturated rings. The SMILES string of the molecule is CCc1cc(NCc2ccc(C#C[C@@]3(O)CC[C@@]4(C)C(CC(O)C5C4CC(O)[C@@]4(C)C5CC[C@@H]4[C@H](C)CCC(=O)O)C3)cc2)c(C(C)=O)c(C)n1. The van der Waals surface area contributed by atoms with Crippen LogP contribution in [0.2, 0.25) is 0 Å². The van der Waals surface area contributed by atoms with E-state index in [-0.39, 0.29) is 58.5 Å². The maximum absolute atomic E-state index is 12.3. The highest BCUT2D eigenvalue weighted by Gasteiger charge is 2.66. The fourth-order valence-electron chi connectivity index (χ4n) is 11.4. The van der Waals surface area contributed by atoms with Gasteiger partial charge in [-0.3, -0.25) is 14.6 Å². The molecule has 0 radical (unpaired) electrons. The lowest BCUT2D eigenvalue weighted by atomic mass is 9.42. The summed E-state index contributed by atoms with van der Waals surface area (Å²) in [5.41, 5.74) is 3.40. The van der Waals surface area contributed by atoms with Crippen molar-refractivity contribution in [1.29, 1.82) is 0 Å². The van der Waals surface area contributed by atoms with E-state index in [9.17, 15) is 30.0 Å². The van der Waals surface area contributed by atoms with Gasteiger partial charge >= 0.3 is 5.97 Å². The molecule has 1 aromatic carbocycles. The molecule has 2 aromatic rings. The van der Waals surface area contributed by atoms with Crippen LogP contribution in [0.4, 0.5) is 5.69 Å². The van der Waals surface area contributed by atoms with Crippen LogP contribution in [-0.2, 0) is 17.8 Å². The van der Waals surface area contributed by atoms with E-state index in [1.54, 1.807) is 6.92 Å². The molecule has 4 aliphatic carbocycles. The van der Waals surface area contributed by atoms with Crippen LogP contribution in [0, 0.1) is 65.1 Å². The number of fused-ring (bicyclic) bond motifs is 5. The number of aryl methyl sites for hydroxylation is 2.